The van der Waals surface area contributed by atoms with E-state index < -0.39 is 0 Å². The maximum atomic E-state index is 8.61. The zero-order chi connectivity index (χ0) is 11.3. The number of methoxy groups -OCH3 is 2. The lowest BCUT2D eigenvalue weighted by Gasteiger charge is -2.09. The number of hydrogen-bond donors (Lipinski definition) is 1. The Morgan fingerprint density at radius 1 is 1.33 bits per heavy atom. The lowest BCUT2D eigenvalue weighted by Crippen LogP contribution is -1.93. The molecule has 0 saturated carbocycles. The second-order valence-electron chi connectivity index (χ2n) is 2.62. The number of ether oxygens (including phenoxy) is 2. The summed E-state index contributed by atoms with van der Waals surface area (Å²) in [6.07, 6.45) is 0. The SMILES string of the molecule is COc1ccc(C#CCO)c(OC)c1Br. The molecule has 1 aromatic rings. The molecule has 1 aromatic carbocycles. The molecule has 0 atom stereocenters. The standard InChI is InChI=1S/C11H11BrO3/c1-14-9-6-5-8(4-3-7-13)11(15-2)10(9)12/h5-6,13H,7H2,1-2H3. The molecule has 15 heavy (non-hydrogen) atoms. The minimum absolute atomic E-state index is 0.174. The molecule has 0 amide bonds. The predicted molar refractivity (Wildman–Crippen MR) is 61.2 cm³/mol. The van der Waals surface area contributed by atoms with Crippen LogP contribution in [0.15, 0.2) is 16.6 Å². The zero-order valence-electron chi connectivity index (χ0n) is 8.50. The third-order valence-electron chi connectivity index (χ3n) is 1.79. The molecule has 0 bridgehead atoms. The van der Waals surface area contributed by atoms with Crippen molar-refractivity contribution in [1.29, 1.82) is 0 Å². The summed E-state index contributed by atoms with van der Waals surface area (Å²) in [7, 11) is 3.14. The fourth-order valence-electron chi connectivity index (χ4n) is 1.13. The molecule has 0 aliphatic heterocycles. The summed E-state index contributed by atoms with van der Waals surface area (Å²) >= 11 is 3.36. The third kappa shape index (κ3) is 2.65. The van der Waals surface area contributed by atoms with Crippen molar-refractivity contribution in [2.75, 3.05) is 20.8 Å². The van der Waals surface area contributed by atoms with Gasteiger partial charge in [0.15, 0.2) is 5.75 Å². The van der Waals surface area contributed by atoms with Crippen LogP contribution in [-0.4, -0.2) is 25.9 Å². The molecule has 80 valence electrons. The van der Waals surface area contributed by atoms with Crippen LogP contribution in [0.5, 0.6) is 11.5 Å². The summed E-state index contributed by atoms with van der Waals surface area (Å²) < 4.78 is 11.0. The van der Waals surface area contributed by atoms with Crippen LogP contribution in [-0.2, 0) is 0 Å². The highest BCUT2D eigenvalue weighted by Crippen LogP contribution is 2.36. The molecular formula is C11H11BrO3. The van der Waals surface area contributed by atoms with Gasteiger partial charge in [0.05, 0.1) is 19.8 Å². The highest BCUT2D eigenvalue weighted by Gasteiger charge is 2.10. The topological polar surface area (TPSA) is 38.7 Å². The predicted octanol–water partition coefficient (Wildman–Crippen LogP) is 1.81. The van der Waals surface area contributed by atoms with Crippen LogP contribution in [0.2, 0.25) is 0 Å². The number of aliphatic hydroxyl groups excluding tert-OH is 1. The Bertz CT molecular complexity index is 404. The van der Waals surface area contributed by atoms with Crippen molar-refractivity contribution in [3.63, 3.8) is 0 Å². The van der Waals surface area contributed by atoms with Gasteiger partial charge in [-0.2, -0.15) is 0 Å². The largest absolute Gasteiger partial charge is 0.495 e. The van der Waals surface area contributed by atoms with E-state index in [4.69, 9.17) is 14.6 Å². The van der Waals surface area contributed by atoms with Gasteiger partial charge in [-0.15, -0.1) is 0 Å². The monoisotopic (exact) mass is 270 g/mol. The van der Waals surface area contributed by atoms with Gasteiger partial charge in [0.1, 0.15) is 16.8 Å². The molecule has 4 heteroatoms. The van der Waals surface area contributed by atoms with Crippen molar-refractivity contribution in [3.05, 3.63) is 22.2 Å². The van der Waals surface area contributed by atoms with E-state index in [1.54, 1.807) is 26.4 Å². The first-order valence-electron chi connectivity index (χ1n) is 4.24. The number of halogens is 1. The lowest BCUT2D eigenvalue weighted by atomic mass is 10.2. The van der Waals surface area contributed by atoms with Gasteiger partial charge >= 0.3 is 0 Å². The van der Waals surface area contributed by atoms with E-state index in [1.165, 1.54) is 0 Å². The molecule has 0 aliphatic carbocycles. The van der Waals surface area contributed by atoms with Crippen LogP contribution < -0.4 is 9.47 Å². The smallest absolute Gasteiger partial charge is 0.152 e. The Kier molecular flexibility index (Phi) is 4.47. The van der Waals surface area contributed by atoms with Crippen molar-refractivity contribution in [3.8, 4) is 23.3 Å². The van der Waals surface area contributed by atoms with E-state index in [0.29, 0.717) is 17.1 Å². The maximum absolute atomic E-state index is 8.61. The average Bonchev–Trinajstić information content (AvgIpc) is 2.26. The quantitative estimate of drug-likeness (QED) is 0.834. The summed E-state index contributed by atoms with van der Waals surface area (Å²) in [5.41, 5.74) is 0.708. The highest BCUT2D eigenvalue weighted by atomic mass is 79.9. The van der Waals surface area contributed by atoms with Crippen molar-refractivity contribution in [1.82, 2.24) is 0 Å². The van der Waals surface area contributed by atoms with Gasteiger partial charge in [0.25, 0.3) is 0 Å². The summed E-state index contributed by atoms with van der Waals surface area (Å²) in [5, 5.41) is 8.61. The summed E-state index contributed by atoms with van der Waals surface area (Å²) in [4.78, 5) is 0. The first-order valence-corrected chi connectivity index (χ1v) is 5.04. The molecule has 1 N–H and O–H groups in total. The number of hydrogen-bond acceptors (Lipinski definition) is 3. The van der Waals surface area contributed by atoms with E-state index in [1.807, 2.05) is 0 Å². The normalized spacial score (nSPS) is 9.07. The van der Waals surface area contributed by atoms with Gasteiger partial charge in [-0.1, -0.05) is 11.8 Å². The van der Waals surface area contributed by atoms with E-state index in [-0.39, 0.29) is 6.61 Å². The van der Waals surface area contributed by atoms with Crippen LogP contribution in [0.3, 0.4) is 0 Å². The van der Waals surface area contributed by atoms with Gasteiger partial charge in [0.2, 0.25) is 0 Å². The van der Waals surface area contributed by atoms with E-state index in [2.05, 4.69) is 27.8 Å². The van der Waals surface area contributed by atoms with Gasteiger partial charge in [-0.05, 0) is 28.1 Å². The summed E-state index contributed by atoms with van der Waals surface area (Å²) in [5.74, 6) is 6.65. The number of rotatable bonds is 2. The van der Waals surface area contributed by atoms with E-state index in [9.17, 15) is 0 Å². The van der Waals surface area contributed by atoms with Gasteiger partial charge in [-0.25, -0.2) is 0 Å². The zero-order valence-corrected chi connectivity index (χ0v) is 10.1. The van der Waals surface area contributed by atoms with E-state index >= 15 is 0 Å². The van der Waals surface area contributed by atoms with Crippen molar-refractivity contribution < 1.29 is 14.6 Å². The molecule has 0 heterocycles. The third-order valence-corrected chi connectivity index (χ3v) is 2.54. The first-order chi connectivity index (χ1) is 7.24. The molecule has 0 spiro atoms. The second kappa shape index (κ2) is 5.64. The molecule has 1 rings (SSSR count). The van der Waals surface area contributed by atoms with E-state index in [0.717, 1.165) is 4.47 Å². The Balaban J connectivity index is 3.24. The Labute approximate surface area is 97.1 Å². The number of aliphatic hydroxyl groups is 1. The van der Waals surface area contributed by atoms with Gasteiger partial charge < -0.3 is 14.6 Å². The lowest BCUT2D eigenvalue weighted by molar-refractivity contribution is 0.350. The molecule has 3 nitrogen and oxygen atoms in total. The minimum Gasteiger partial charge on any atom is -0.495 e. The summed E-state index contributed by atoms with van der Waals surface area (Å²) in [6, 6.07) is 3.57. The van der Waals surface area contributed by atoms with Crippen LogP contribution in [0.4, 0.5) is 0 Å². The van der Waals surface area contributed by atoms with Gasteiger partial charge in [0, 0.05) is 0 Å². The Morgan fingerprint density at radius 2 is 2.07 bits per heavy atom. The molecular weight excluding hydrogens is 260 g/mol. The van der Waals surface area contributed by atoms with Crippen molar-refractivity contribution in [2.45, 2.75) is 0 Å². The van der Waals surface area contributed by atoms with Crippen LogP contribution in [0, 0.1) is 11.8 Å². The molecule has 0 aromatic heterocycles. The fourth-order valence-corrected chi connectivity index (χ4v) is 1.80. The fraction of sp³-hybridized carbons (Fsp3) is 0.273. The molecule has 0 radical (unpaired) electrons. The molecule has 0 aliphatic rings. The van der Waals surface area contributed by atoms with Crippen molar-refractivity contribution >= 4 is 15.9 Å². The van der Waals surface area contributed by atoms with Gasteiger partial charge in [-0.3, -0.25) is 0 Å². The Morgan fingerprint density at radius 3 is 2.60 bits per heavy atom. The minimum atomic E-state index is -0.174. The summed E-state index contributed by atoms with van der Waals surface area (Å²) in [6.45, 7) is -0.174. The van der Waals surface area contributed by atoms with Crippen LogP contribution in [0.1, 0.15) is 5.56 Å². The van der Waals surface area contributed by atoms with Crippen molar-refractivity contribution in [2.24, 2.45) is 0 Å². The Hall–Kier alpha value is -1.18. The number of benzene rings is 1. The molecule has 0 fully saturated rings. The van der Waals surface area contributed by atoms with Crippen LogP contribution >= 0.6 is 15.9 Å². The maximum Gasteiger partial charge on any atom is 0.152 e. The highest BCUT2D eigenvalue weighted by molar-refractivity contribution is 9.10. The average molecular weight is 271 g/mol. The molecule has 0 unspecified atom stereocenters. The van der Waals surface area contributed by atoms with Crippen LogP contribution in [0.25, 0.3) is 0 Å². The molecule has 0 saturated heterocycles. The second-order valence-corrected chi connectivity index (χ2v) is 3.42. The first kappa shape index (κ1) is 11.9.